The molecular formula is C13H13N3OS. The fourth-order valence-electron chi connectivity index (χ4n) is 1.43. The van der Waals surface area contributed by atoms with Gasteiger partial charge in [-0.15, -0.1) is 11.8 Å². The summed E-state index contributed by atoms with van der Waals surface area (Å²) in [6.45, 7) is 0. The van der Waals surface area contributed by atoms with Gasteiger partial charge in [0.25, 0.3) is 0 Å². The van der Waals surface area contributed by atoms with Gasteiger partial charge >= 0.3 is 6.03 Å². The van der Waals surface area contributed by atoms with Gasteiger partial charge in [0.05, 0.1) is 0 Å². The zero-order chi connectivity index (χ0) is 12.8. The van der Waals surface area contributed by atoms with Gasteiger partial charge in [-0.1, -0.05) is 6.07 Å². The Labute approximate surface area is 110 Å². The van der Waals surface area contributed by atoms with E-state index in [9.17, 15) is 4.79 Å². The third-order valence-corrected chi connectivity index (χ3v) is 2.99. The van der Waals surface area contributed by atoms with Crippen molar-refractivity contribution in [3.8, 4) is 0 Å². The van der Waals surface area contributed by atoms with Gasteiger partial charge in [0.1, 0.15) is 0 Å². The van der Waals surface area contributed by atoms with Gasteiger partial charge in [0, 0.05) is 28.7 Å². The summed E-state index contributed by atoms with van der Waals surface area (Å²) in [4.78, 5) is 16.7. The number of rotatable bonds is 3. The summed E-state index contributed by atoms with van der Waals surface area (Å²) in [7, 11) is 0. The molecular weight excluding hydrogens is 246 g/mol. The minimum absolute atomic E-state index is 0.264. The third kappa shape index (κ3) is 3.49. The van der Waals surface area contributed by atoms with Crippen molar-refractivity contribution >= 4 is 29.2 Å². The van der Waals surface area contributed by atoms with E-state index in [4.69, 9.17) is 0 Å². The van der Waals surface area contributed by atoms with E-state index in [2.05, 4.69) is 15.6 Å². The number of urea groups is 1. The van der Waals surface area contributed by atoms with Gasteiger partial charge < -0.3 is 10.6 Å². The predicted molar refractivity (Wildman–Crippen MR) is 75.1 cm³/mol. The first-order valence-corrected chi connectivity index (χ1v) is 6.62. The average Bonchev–Trinajstić information content (AvgIpc) is 2.40. The molecule has 0 aliphatic rings. The van der Waals surface area contributed by atoms with Gasteiger partial charge in [0.15, 0.2) is 0 Å². The molecule has 5 heteroatoms. The molecule has 0 atom stereocenters. The normalized spacial score (nSPS) is 9.83. The predicted octanol–water partition coefficient (Wildman–Crippen LogP) is 3.45. The van der Waals surface area contributed by atoms with E-state index in [-0.39, 0.29) is 6.03 Å². The van der Waals surface area contributed by atoms with Crippen molar-refractivity contribution in [2.45, 2.75) is 4.90 Å². The van der Waals surface area contributed by atoms with Crippen LogP contribution in [0, 0.1) is 0 Å². The van der Waals surface area contributed by atoms with Crippen molar-refractivity contribution in [1.29, 1.82) is 0 Å². The summed E-state index contributed by atoms with van der Waals surface area (Å²) in [5, 5.41) is 5.51. The maximum atomic E-state index is 11.7. The average molecular weight is 259 g/mol. The Bertz CT molecular complexity index is 531. The first-order chi connectivity index (χ1) is 8.78. The number of hydrogen-bond acceptors (Lipinski definition) is 3. The number of carbonyl (C=O) groups is 1. The number of nitrogens with zero attached hydrogens (tertiary/aromatic N) is 1. The molecule has 1 aromatic carbocycles. The van der Waals surface area contributed by atoms with Gasteiger partial charge in [-0.3, -0.25) is 4.98 Å². The molecule has 0 saturated heterocycles. The zero-order valence-electron chi connectivity index (χ0n) is 9.88. The van der Waals surface area contributed by atoms with Crippen LogP contribution in [0.1, 0.15) is 0 Å². The number of pyridine rings is 1. The monoisotopic (exact) mass is 259 g/mol. The summed E-state index contributed by atoms with van der Waals surface area (Å²) >= 11 is 1.63. The number of amides is 2. The molecule has 0 fully saturated rings. The highest BCUT2D eigenvalue weighted by atomic mass is 32.2. The van der Waals surface area contributed by atoms with Gasteiger partial charge in [-0.2, -0.15) is 0 Å². The molecule has 1 aromatic heterocycles. The fourth-order valence-corrected chi connectivity index (χ4v) is 1.89. The molecule has 0 saturated carbocycles. The summed E-state index contributed by atoms with van der Waals surface area (Å²) in [6, 6.07) is 10.9. The molecule has 0 aliphatic carbocycles. The second kappa shape index (κ2) is 6.07. The van der Waals surface area contributed by atoms with Crippen LogP contribution >= 0.6 is 11.8 Å². The smallest absolute Gasteiger partial charge is 0.308 e. The maximum Gasteiger partial charge on any atom is 0.323 e. The van der Waals surface area contributed by atoms with E-state index >= 15 is 0 Å². The number of hydrogen-bond donors (Lipinski definition) is 2. The molecule has 0 unspecified atom stereocenters. The third-order valence-electron chi connectivity index (χ3n) is 2.27. The molecule has 18 heavy (non-hydrogen) atoms. The second-order valence-electron chi connectivity index (χ2n) is 3.55. The molecule has 2 rings (SSSR count). The standard InChI is InChI=1S/C13H13N3OS/c1-18-12-4-2-3-11(9-12)16-13(17)15-10-5-7-14-8-6-10/h2-9H,1H3,(H2,14,15,16,17). The first-order valence-electron chi connectivity index (χ1n) is 5.40. The minimum Gasteiger partial charge on any atom is -0.308 e. The van der Waals surface area contributed by atoms with Crippen LogP contribution in [0.2, 0.25) is 0 Å². The molecule has 4 nitrogen and oxygen atoms in total. The van der Waals surface area contributed by atoms with E-state index in [1.54, 1.807) is 36.3 Å². The molecule has 92 valence electrons. The van der Waals surface area contributed by atoms with Crippen LogP contribution in [0.25, 0.3) is 0 Å². The van der Waals surface area contributed by atoms with Crippen LogP contribution < -0.4 is 10.6 Å². The summed E-state index contributed by atoms with van der Waals surface area (Å²) in [6.07, 6.45) is 5.25. The Morgan fingerprint density at radius 3 is 2.56 bits per heavy atom. The van der Waals surface area contributed by atoms with E-state index in [0.29, 0.717) is 5.69 Å². The van der Waals surface area contributed by atoms with Crippen molar-refractivity contribution in [2.75, 3.05) is 16.9 Å². The molecule has 2 aromatic rings. The Balaban J connectivity index is 1.99. The van der Waals surface area contributed by atoms with Crippen molar-refractivity contribution in [2.24, 2.45) is 0 Å². The van der Waals surface area contributed by atoms with Crippen molar-refractivity contribution < 1.29 is 4.79 Å². The van der Waals surface area contributed by atoms with Crippen LogP contribution in [0.5, 0.6) is 0 Å². The Kier molecular flexibility index (Phi) is 4.20. The fraction of sp³-hybridized carbons (Fsp3) is 0.0769. The van der Waals surface area contributed by atoms with E-state index in [1.165, 1.54) is 0 Å². The van der Waals surface area contributed by atoms with Gasteiger partial charge in [-0.25, -0.2) is 4.79 Å². The highest BCUT2D eigenvalue weighted by Gasteiger charge is 2.02. The molecule has 1 heterocycles. The zero-order valence-corrected chi connectivity index (χ0v) is 10.7. The first kappa shape index (κ1) is 12.4. The molecule has 0 aliphatic heterocycles. The Morgan fingerprint density at radius 1 is 1.11 bits per heavy atom. The lowest BCUT2D eigenvalue weighted by molar-refractivity contribution is 0.262. The summed E-state index contributed by atoms with van der Waals surface area (Å²) < 4.78 is 0. The molecule has 2 N–H and O–H groups in total. The van der Waals surface area contributed by atoms with E-state index < -0.39 is 0 Å². The maximum absolute atomic E-state index is 11.7. The number of aromatic nitrogens is 1. The number of benzene rings is 1. The SMILES string of the molecule is CSc1cccc(NC(=O)Nc2ccncc2)c1. The quantitative estimate of drug-likeness (QED) is 0.830. The second-order valence-corrected chi connectivity index (χ2v) is 4.43. The number of anilines is 2. The Morgan fingerprint density at radius 2 is 1.83 bits per heavy atom. The lowest BCUT2D eigenvalue weighted by Gasteiger charge is -2.08. The summed E-state index contributed by atoms with van der Waals surface area (Å²) in [5.41, 5.74) is 1.48. The molecule has 2 amide bonds. The van der Waals surface area contributed by atoms with Crippen LogP contribution in [-0.4, -0.2) is 17.3 Å². The summed E-state index contributed by atoms with van der Waals surface area (Å²) in [5.74, 6) is 0. The van der Waals surface area contributed by atoms with E-state index in [1.807, 2.05) is 30.5 Å². The van der Waals surface area contributed by atoms with Gasteiger partial charge in [0.2, 0.25) is 0 Å². The number of nitrogens with one attached hydrogen (secondary N) is 2. The van der Waals surface area contributed by atoms with Crippen molar-refractivity contribution in [3.05, 3.63) is 48.8 Å². The van der Waals surface area contributed by atoms with Crippen molar-refractivity contribution in [1.82, 2.24) is 4.98 Å². The molecule has 0 spiro atoms. The topological polar surface area (TPSA) is 54.0 Å². The lowest BCUT2D eigenvalue weighted by Crippen LogP contribution is -2.19. The van der Waals surface area contributed by atoms with Gasteiger partial charge in [-0.05, 0) is 36.6 Å². The van der Waals surface area contributed by atoms with Crippen LogP contribution in [0.3, 0.4) is 0 Å². The van der Waals surface area contributed by atoms with Crippen LogP contribution in [-0.2, 0) is 0 Å². The molecule has 0 bridgehead atoms. The van der Waals surface area contributed by atoms with E-state index in [0.717, 1.165) is 10.6 Å². The minimum atomic E-state index is -0.264. The Hall–Kier alpha value is -2.01. The number of thioether (sulfide) groups is 1. The van der Waals surface area contributed by atoms with Crippen LogP contribution in [0.15, 0.2) is 53.7 Å². The van der Waals surface area contributed by atoms with Crippen molar-refractivity contribution in [3.63, 3.8) is 0 Å². The lowest BCUT2D eigenvalue weighted by atomic mass is 10.3. The number of carbonyl (C=O) groups excluding carboxylic acids is 1. The molecule has 0 radical (unpaired) electrons. The highest BCUT2D eigenvalue weighted by Crippen LogP contribution is 2.19. The van der Waals surface area contributed by atoms with Crippen LogP contribution in [0.4, 0.5) is 16.2 Å². The largest absolute Gasteiger partial charge is 0.323 e. The highest BCUT2D eigenvalue weighted by molar-refractivity contribution is 7.98.